The van der Waals surface area contributed by atoms with Crippen molar-refractivity contribution in [3.05, 3.63) is 40.7 Å². The zero-order valence-electron chi connectivity index (χ0n) is 15.0. The predicted molar refractivity (Wildman–Crippen MR) is 102 cm³/mol. The van der Waals surface area contributed by atoms with Gasteiger partial charge in [0.25, 0.3) is 5.91 Å². The molecule has 0 bridgehead atoms. The molecule has 2 N–H and O–H groups in total. The number of rotatable bonds is 2. The lowest BCUT2D eigenvalue weighted by molar-refractivity contribution is 0.0727. The first kappa shape index (κ1) is 18.1. The third-order valence-corrected chi connectivity index (χ3v) is 5.47. The number of carbonyl (C=O) groups excluding carboxylic acids is 1. The molecule has 144 valence electrons. The van der Waals surface area contributed by atoms with Gasteiger partial charge in [0.15, 0.2) is 17.2 Å². The molecule has 3 aliphatic heterocycles. The first-order valence-corrected chi connectivity index (χ1v) is 9.28. The maximum Gasteiger partial charge on any atom is 0.275 e. The van der Waals surface area contributed by atoms with E-state index in [0.29, 0.717) is 25.5 Å². The molecule has 7 nitrogen and oxygen atoms in total. The summed E-state index contributed by atoms with van der Waals surface area (Å²) < 4.78 is 11.3. The molecule has 27 heavy (non-hydrogen) atoms. The summed E-state index contributed by atoms with van der Waals surface area (Å²) in [6, 6.07) is 6.07. The Morgan fingerprint density at radius 2 is 2.07 bits per heavy atom. The van der Waals surface area contributed by atoms with Crippen LogP contribution in [0, 0.1) is 0 Å². The average Bonchev–Trinajstić information content (AvgIpc) is 3.34. The molecule has 0 radical (unpaired) electrons. The second-order valence-electron chi connectivity index (χ2n) is 7.02. The second kappa shape index (κ2) is 7.40. The molecule has 4 heterocycles. The Morgan fingerprint density at radius 1 is 1.22 bits per heavy atom. The molecule has 2 aromatic rings. The van der Waals surface area contributed by atoms with Gasteiger partial charge in [-0.25, -0.2) is 0 Å². The number of aromatic nitrogens is 2. The SMILES string of the molecule is Cl.O=C(c1n[nH]c2c1CNCC2)N1CCCC1c1ccc2c(c1)OCCO2. The van der Waals surface area contributed by atoms with E-state index in [1.807, 2.05) is 23.1 Å². The minimum Gasteiger partial charge on any atom is -0.486 e. The average molecular weight is 391 g/mol. The summed E-state index contributed by atoms with van der Waals surface area (Å²) in [6.45, 7) is 3.53. The molecule has 0 aliphatic carbocycles. The lowest BCUT2D eigenvalue weighted by Gasteiger charge is -2.26. The first-order valence-electron chi connectivity index (χ1n) is 9.28. The molecule has 1 unspecified atom stereocenters. The van der Waals surface area contributed by atoms with Gasteiger partial charge in [0.1, 0.15) is 13.2 Å². The van der Waals surface area contributed by atoms with Gasteiger partial charge >= 0.3 is 0 Å². The van der Waals surface area contributed by atoms with Crippen LogP contribution in [0.5, 0.6) is 11.5 Å². The summed E-state index contributed by atoms with van der Waals surface area (Å²) in [5.41, 5.74) is 3.77. The van der Waals surface area contributed by atoms with Gasteiger partial charge in [0, 0.05) is 37.3 Å². The molecular formula is C19H23ClN4O3. The van der Waals surface area contributed by atoms with Crippen molar-refractivity contribution in [3.63, 3.8) is 0 Å². The van der Waals surface area contributed by atoms with Gasteiger partial charge in [-0.05, 0) is 30.5 Å². The zero-order chi connectivity index (χ0) is 17.5. The Bertz CT molecular complexity index is 853. The maximum absolute atomic E-state index is 13.2. The molecular weight excluding hydrogens is 368 g/mol. The van der Waals surface area contributed by atoms with Crippen molar-refractivity contribution in [1.82, 2.24) is 20.4 Å². The Kier molecular flexibility index (Phi) is 4.97. The lowest BCUT2D eigenvalue weighted by atomic mass is 10.0. The molecule has 1 fully saturated rings. The van der Waals surface area contributed by atoms with E-state index < -0.39 is 0 Å². The molecule has 8 heteroatoms. The Morgan fingerprint density at radius 3 is 2.96 bits per heavy atom. The molecule has 1 saturated heterocycles. The number of hydrogen-bond acceptors (Lipinski definition) is 5. The molecule has 1 aromatic heterocycles. The topological polar surface area (TPSA) is 79.5 Å². The van der Waals surface area contributed by atoms with Crippen molar-refractivity contribution in [3.8, 4) is 11.5 Å². The van der Waals surface area contributed by atoms with Crippen molar-refractivity contribution in [2.45, 2.75) is 31.8 Å². The Balaban J connectivity index is 0.00000180. The molecule has 5 rings (SSSR count). The molecule has 0 saturated carbocycles. The van der Waals surface area contributed by atoms with Crippen LogP contribution in [0.3, 0.4) is 0 Å². The number of amides is 1. The number of benzene rings is 1. The standard InChI is InChI=1S/C19H22N4O3.ClH/c24-19(18-13-11-20-6-5-14(13)21-22-18)23-7-1-2-15(23)12-3-4-16-17(10-12)26-9-8-25-16;/h3-4,10,15,20H,1-2,5-9,11H2,(H,21,22);1H. The molecule has 3 aliphatic rings. The Hall–Kier alpha value is -2.25. The highest BCUT2D eigenvalue weighted by Crippen LogP contribution is 2.38. The number of aromatic amines is 1. The number of halogens is 1. The largest absolute Gasteiger partial charge is 0.486 e. The number of H-pyrrole nitrogens is 1. The van der Waals surface area contributed by atoms with Crippen molar-refractivity contribution >= 4 is 18.3 Å². The quantitative estimate of drug-likeness (QED) is 0.822. The van der Waals surface area contributed by atoms with E-state index in [-0.39, 0.29) is 24.4 Å². The number of carbonyl (C=O) groups is 1. The summed E-state index contributed by atoms with van der Waals surface area (Å²) in [4.78, 5) is 15.2. The minimum atomic E-state index is 0. The van der Waals surface area contributed by atoms with Gasteiger partial charge in [-0.2, -0.15) is 5.10 Å². The fourth-order valence-electron chi connectivity index (χ4n) is 4.16. The van der Waals surface area contributed by atoms with Gasteiger partial charge in [0.05, 0.1) is 6.04 Å². The van der Waals surface area contributed by atoms with E-state index in [0.717, 1.165) is 60.7 Å². The smallest absolute Gasteiger partial charge is 0.275 e. The minimum absolute atomic E-state index is 0. The molecule has 1 atom stereocenters. The van der Waals surface area contributed by atoms with Crippen molar-refractivity contribution in [2.75, 3.05) is 26.3 Å². The van der Waals surface area contributed by atoms with Crippen LogP contribution in [-0.4, -0.2) is 47.3 Å². The number of likely N-dealkylation sites (tertiary alicyclic amines) is 1. The maximum atomic E-state index is 13.2. The van der Waals surface area contributed by atoms with Gasteiger partial charge in [0.2, 0.25) is 0 Å². The van der Waals surface area contributed by atoms with Crippen molar-refractivity contribution < 1.29 is 14.3 Å². The van der Waals surface area contributed by atoms with E-state index in [9.17, 15) is 4.79 Å². The monoisotopic (exact) mass is 390 g/mol. The number of ether oxygens (including phenoxy) is 2. The van der Waals surface area contributed by atoms with E-state index in [1.165, 1.54) is 0 Å². The van der Waals surface area contributed by atoms with E-state index >= 15 is 0 Å². The van der Waals surface area contributed by atoms with Gasteiger partial charge in [-0.15, -0.1) is 12.4 Å². The fraction of sp³-hybridized carbons (Fsp3) is 0.474. The normalized spacial score (nSPS) is 20.7. The summed E-state index contributed by atoms with van der Waals surface area (Å²) in [6.07, 6.45) is 2.84. The van der Waals surface area contributed by atoms with Gasteiger partial charge in [-0.3, -0.25) is 9.89 Å². The highest BCUT2D eigenvalue weighted by atomic mass is 35.5. The third-order valence-electron chi connectivity index (χ3n) is 5.47. The highest BCUT2D eigenvalue weighted by Gasteiger charge is 2.34. The number of fused-ring (bicyclic) bond motifs is 2. The molecule has 1 aromatic carbocycles. The number of hydrogen-bond donors (Lipinski definition) is 2. The molecule has 1 amide bonds. The highest BCUT2D eigenvalue weighted by molar-refractivity contribution is 5.94. The first-order chi connectivity index (χ1) is 12.8. The Labute approximate surface area is 163 Å². The van der Waals surface area contributed by atoms with Crippen LogP contribution in [0.25, 0.3) is 0 Å². The van der Waals surface area contributed by atoms with Gasteiger partial charge in [-0.1, -0.05) is 6.07 Å². The molecule has 0 spiro atoms. The van der Waals surface area contributed by atoms with Crippen LogP contribution in [0.2, 0.25) is 0 Å². The van der Waals surface area contributed by atoms with Crippen LogP contribution in [0.4, 0.5) is 0 Å². The number of nitrogens with one attached hydrogen (secondary N) is 2. The van der Waals surface area contributed by atoms with Crippen LogP contribution < -0.4 is 14.8 Å². The zero-order valence-corrected chi connectivity index (χ0v) is 15.8. The van der Waals surface area contributed by atoms with Crippen LogP contribution in [-0.2, 0) is 13.0 Å². The summed E-state index contributed by atoms with van der Waals surface area (Å²) in [5.74, 6) is 1.57. The lowest BCUT2D eigenvalue weighted by Crippen LogP contribution is -2.33. The summed E-state index contributed by atoms with van der Waals surface area (Å²) in [5, 5.41) is 10.7. The van der Waals surface area contributed by atoms with Crippen LogP contribution >= 0.6 is 12.4 Å². The van der Waals surface area contributed by atoms with Crippen molar-refractivity contribution in [1.29, 1.82) is 0 Å². The van der Waals surface area contributed by atoms with Crippen LogP contribution in [0.15, 0.2) is 18.2 Å². The van der Waals surface area contributed by atoms with Crippen LogP contribution in [0.1, 0.15) is 46.2 Å². The third kappa shape index (κ3) is 3.15. The summed E-state index contributed by atoms with van der Waals surface area (Å²) >= 11 is 0. The predicted octanol–water partition coefficient (Wildman–Crippen LogP) is 2.23. The van der Waals surface area contributed by atoms with Crippen molar-refractivity contribution in [2.24, 2.45) is 0 Å². The second-order valence-corrected chi connectivity index (χ2v) is 7.02. The fourth-order valence-corrected chi connectivity index (χ4v) is 4.16. The number of nitrogens with zero attached hydrogens (tertiary/aromatic N) is 2. The summed E-state index contributed by atoms with van der Waals surface area (Å²) in [7, 11) is 0. The van der Waals surface area contributed by atoms with E-state index in [4.69, 9.17) is 9.47 Å². The van der Waals surface area contributed by atoms with E-state index in [2.05, 4.69) is 15.5 Å². The van der Waals surface area contributed by atoms with E-state index in [1.54, 1.807) is 0 Å². The van der Waals surface area contributed by atoms with Gasteiger partial charge < -0.3 is 19.7 Å².